The van der Waals surface area contributed by atoms with Crippen molar-refractivity contribution in [2.24, 2.45) is 4.99 Å². The molecular weight excluding hydrogens is 513 g/mol. The molecule has 2 heterocycles. The molecule has 1 aliphatic rings. The third-order valence-electron chi connectivity index (χ3n) is 4.97. The van der Waals surface area contributed by atoms with Gasteiger partial charge in [-0.3, -0.25) is 0 Å². The van der Waals surface area contributed by atoms with E-state index in [9.17, 15) is 8.42 Å². The number of rotatable bonds is 8. The monoisotopic (exact) mass is 545 g/mol. The van der Waals surface area contributed by atoms with Crippen LogP contribution in [0.25, 0.3) is 0 Å². The first-order valence-corrected chi connectivity index (χ1v) is 11.8. The Morgan fingerprint density at radius 1 is 1.03 bits per heavy atom. The van der Waals surface area contributed by atoms with Crippen molar-refractivity contribution in [3.63, 3.8) is 0 Å². The molecule has 1 fully saturated rings. The van der Waals surface area contributed by atoms with Gasteiger partial charge in [0.25, 0.3) is 0 Å². The number of piperidine rings is 1. The van der Waals surface area contributed by atoms with E-state index in [0.717, 1.165) is 50.4 Å². The fourth-order valence-corrected chi connectivity index (χ4v) is 4.87. The summed E-state index contributed by atoms with van der Waals surface area (Å²) < 4.78 is 29.2. The van der Waals surface area contributed by atoms with E-state index in [1.807, 2.05) is 43.6 Å². The van der Waals surface area contributed by atoms with Gasteiger partial charge in [-0.1, -0.05) is 18.6 Å². The standard InChI is InChI=1S/C21H31N5O2S.HI/c1-2-22-21(23-12-17-25-13-6-7-14-25)24-18-19-8-10-20(11-9-19)29(27,28)26-15-4-3-5-16-26;/h6-11,13-14H,2-5,12,15-18H2,1H3,(H2,22,23,24);1H. The van der Waals surface area contributed by atoms with Crippen LogP contribution in [-0.2, 0) is 23.1 Å². The minimum absolute atomic E-state index is 0. The van der Waals surface area contributed by atoms with Gasteiger partial charge in [-0.15, -0.1) is 24.0 Å². The molecule has 3 rings (SSSR count). The summed E-state index contributed by atoms with van der Waals surface area (Å²) in [6.45, 7) is 6.17. The van der Waals surface area contributed by atoms with E-state index >= 15 is 0 Å². The maximum Gasteiger partial charge on any atom is 0.243 e. The van der Waals surface area contributed by atoms with Crippen molar-refractivity contribution < 1.29 is 8.42 Å². The number of guanidine groups is 1. The number of aliphatic imine (C=N–C) groups is 1. The van der Waals surface area contributed by atoms with Gasteiger partial charge in [-0.2, -0.15) is 4.31 Å². The van der Waals surface area contributed by atoms with Gasteiger partial charge < -0.3 is 15.2 Å². The third kappa shape index (κ3) is 6.98. The van der Waals surface area contributed by atoms with Crippen molar-refractivity contribution in [2.75, 3.05) is 26.2 Å². The van der Waals surface area contributed by atoms with Gasteiger partial charge in [-0.05, 0) is 49.6 Å². The minimum Gasteiger partial charge on any atom is -0.357 e. The minimum atomic E-state index is -3.38. The number of sulfonamides is 1. The molecule has 9 heteroatoms. The Bertz CT molecular complexity index is 877. The van der Waals surface area contributed by atoms with Crippen LogP contribution in [0.15, 0.2) is 58.7 Å². The SMILES string of the molecule is CCNC(=NCc1ccc(S(=O)(=O)N2CCCCC2)cc1)NCCn1cccc1.I. The predicted octanol–water partition coefficient (Wildman–Crippen LogP) is 3.04. The number of benzene rings is 1. The van der Waals surface area contributed by atoms with Crippen LogP contribution in [-0.4, -0.2) is 49.4 Å². The molecule has 0 bridgehead atoms. The van der Waals surface area contributed by atoms with Crippen LogP contribution in [0.2, 0.25) is 0 Å². The van der Waals surface area contributed by atoms with E-state index in [1.165, 1.54) is 0 Å². The molecule has 1 aromatic heterocycles. The first-order valence-electron chi connectivity index (χ1n) is 10.3. The number of halogens is 1. The second-order valence-corrected chi connectivity index (χ2v) is 9.09. The van der Waals surface area contributed by atoms with Gasteiger partial charge in [0.15, 0.2) is 5.96 Å². The number of aromatic nitrogens is 1. The fourth-order valence-electron chi connectivity index (χ4n) is 3.36. The molecule has 0 atom stereocenters. The molecule has 2 N–H and O–H groups in total. The lowest BCUT2D eigenvalue weighted by Crippen LogP contribution is -2.38. The predicted molar refractivity (Wildman–Crippen MR) is 132 cm³/mol. The average Bonchev–Trinajstić information content (AvgIpc) is 3.26. The number of hydrogen-bond donors (Lipinski definition) is 2. The lowest BCUT2D eigenvalue weighted by Gasteiger charge is -2.25. The fraction of sp³-hybridized carbons (Fsp3) is 0.476. The van der Waals surface area contributed by atoms with Gasteiger partial charge >= 0.3 is 0 Å². The van der Waals surface area contributed by atoms with Crippen molar-refractivity contribution >= 4 is 40.0 Å². The topological polar surface area (TPSA) is 78.7 Å². The summed E-state index contributed by atoms with van der Waals surface area (Å²) >= 11 is 0. The Morgan fingerprint density at radius 2 is 1.70 bits per heavy atom. The molecule has 2 aromatic rings. The number of nitrogens with one attached hydrogen (secondary N) is 2. The molecule has 0 spiro atoms. The van der Waals surface area contributed by atoms with Crippen LogP contribution in [0.3, 0.4) is 0 Å². The lowest BCUT2D eigenvalue weighted by molar-refractivity contribution is 0.346. The van der Waals surface area contributed by atoms with E-state index in [0.29, 0.717) is 24.5 Å². The van der Waals surface area contributed by atoms with Crippen LogP contribution in [0, 0.1) is 0 Å². The highest BCUT2D eigenvalue weighted by atomic mass is 127. The van der Waals surface area contributed by atoms with Crippen molar-refractivity contribution in [3.05, 3.63) is 54.4 Å². The number of nitrogens with zero attached hydrogens (tertiary/aromatic N) is 3. The first kappa shape index (κ1) is 24.7. The largest absolute Gasteiger partial charge is 0.357 e. The Morgan fingerprint density at radius 3 is 2.33 bits per heavy atom. The van der Waals surface area contributed by atoms with Crippen LogP contribution < -0.4 is 10.6 Å². The molecule has 0 amide bonds. The number of hydrogen-bond acceptors (Lipinski definition) is 3. The van der Waals surface area contributed by atoms with Gasteiger partial charge in [0, 0.05) is 45.1 Å². The van der Waals surface area contributed by atoms with Gasteiger partial charge in [0.2, 0.25) is 10.0 Å². The van der Waals surface area contributed by atoms with Crippen LogP contribution >= 0.6 is 24.0 Å². The molecule has 1 saturated heterocycles. The Balaban J connectivity index is 0.00000320. The van der Waals surface area contributed by atoms with Crippen molar-refractivity contribution in [3.8, 4) is 0 Å². The van der Waals surface area contributed by atoms with E-state index in [1.54, 1.807) is 16.4 Å². The van der Waals surface area contributed by atoms with Crippen molar-refractivity contribution in [2.45, 2.75) is 44.2 Å². The summed E-state index contributed by atoms with van der Waals surface area (Å²) in [4.78, 5) is 4.97. The molecule has 7 nitrogen and oxygen atoms in total. The molecule has 0 saturated carbocycles. The van der Waals surface area contributed by atoms with Gasteiger partial charge in [0.1, 0.15) is 0 Å². The highest BCUT2D eigenvalue weighted by Gasteiger charge is 2.25. The summed E-state index contributed by atoms with van der Waals surface area (Å²) in [6, 6.07) is 11.1. The molecule has 0 unspecified atom stereocenters. The quantitative estimate of drug-likeness (QED) is 0.304. The van der Waals surface area contributed by atoms with Crippen LogP contribution in [0.1, 0.15) is 31.7 Å². The maximum atomic E-state index is 12.7. The zero-order valence-electron chi connectivity index (χ0n) is 17.5. The molecular formula is C21H32IN5O2S. The Kier molecular flexibility index (Phi) is 10.1. The van der Waals surface area contributed by atoms with E-state index in [-0.39, 0.29) is 24.0 Å². The first-order chi connectivity index (χ1) is 14.1. The summed E-state index contributed by atoms with van der Waals surface area (Å²) in [7, 11) is -3.38. The molecule has 166 valence electrons. The van der Waals surface area contributed by atoms with Gasteiger partial charge in [0.05, 0.1) is 11.4 Å². The lowest BCUT2D eigenvalue weighted by atomic mass is 10.2. The summed E-state index contributed by atoms with van der Waals surface area (Å²) in [6.07, 6.45) is 7.06. The zero-order valence-corrected chi connectivity index (χ0v) is 20.6. The van der Waals surface area contributed by atoms with E-state index in [2.05, 4.69) is 20.2 Å². The smallest absolute Gasteiger partial charge is 0.243 e. The highest BCUT2D eigenvalue weighted by Crippen LogP contribution is 2.21. The molecule has 0 radical (unpaired) electrons. The summed E-state index contributed by atoms with van der Waals surface area (Å²) in [5, 5.41) is 6.56. The molecule has 0 aliphatic carbocycles. The van der Waals surface area contributed by atoms with Crippen molar-refractivity contribution in [1.82, 2.24) is 19.5 Å². The highest BCUT2D eigenvalue weighted by molar-refractivity contribution is 14.0. The second-order valence-electron chi connectivity index (χ2n) is 7.15. The van der Waals surface area contributed by atoms with Crippen molar-refractivity contribution in [1.29, 1.82) is 0 Å². The molecule has 30 heavy (non-hydrogen) atoms. The maximum absolute atomic E-state index is 12.7. The van der Waals surface area contributed by atoms with E-state index < -0.39 is 10.0 Å². The second kappa shape index (κ2) is 12.3. The third-order valence-corrected chi connectivity index (χ3v) is 6.88. The van der Waals surface area contributed by atoms with Crippen LogP contribution in [0.4, 0.5) is 0 Å². The zero-order chi connectivity index (χ0) is 20.5. The van der Waals surface area contributed by atoms with Gasteiger partial charge in [-0.25, -0.2) is 13.4 Å². The van der Waals surface area contributed by atoms with E-state index in [4.69, 9.17) is 0 Å². The summed E-state index contributed by atoms with van der Waals surface area (Å²) in [5.74, 6) is 0.754. The Labute approximate surface area is 197 Å². The summed E-state index contributed by atoms with van der Waals surface area (Å²) in [5.41, 5.74) is 0.977. The normalized spacial score (nSPS) is 15.4. The molecule has 1 aromatic carbocycles. The van der Waals surface area contributed by atoms with Crippen LogP contribution in [0.5, 0.6) is 0 Å². The molecule has 1 aliphatic heterocycles. The Hall–Kier alpha value is -1.59. The average molecular weight is 545 g/mol.